The number of benzene rings is 2. The molecule has 0 aliphatic heterocycles. The molecule has 1 amide bonds. The van der Waals surface area contributed by atoms with Gasteiger partial charge in [0.05, 0.1) is 0 Å². The van der Waals surface area contributed by atoms with Crippen molar-refractivity contribution in [1.82, 2.24) is 0 Å². The Labute approximate surface area is 113 Å². The Hall–Kier alpha value is -2.29. The van der Waals surface area contributed by atoms with E-state index in [-0.39, 0.29) is 0 Å². The van der Waals surface area contributed by atoms with Crippen LogP contribution < -0.4 is 11.1 Å². The van der Waals surface area contributed by atoms with Gasteiger partial charge in [0.15, 0.2) is 0 Å². The van der Waals surface area contributed by atoms with E-state index in [0.717, 1.165) is 29.8 Å². The first-order valence-electron chi connectivity index (χ1n) is 6.45. The fourth-order valence-corrected chi connectivity index (χ4v) is 1.97. The third kappa shape index (κ3) is 3.13. The third-order valence-corrected chi connectivity index (χ3v) is 2.95. The molecular weight excluding hydrogens is 236 g/mol. The number of carbonyl (C=O) groups is 1. The highest BCUT2D eigenvalue weighted by Crippen LogP contribution is 2.28. The van der Waals surface area contributed by atoms with Crippen molar-refractivity contribution < 1.29 is 4.79 Å². The van der Waals surface area contributed by atoms with Gasteiger partial charge in [-0.3, -0.25) is 4.79 Å². The van der Waals surface area contributed by atoms with Gasteiger partial charge in [-0.2, -0.15) is 0 Å². The van der Waals surface area contributed by atoms with Gasteiger partial charge in [-0.15, -0.1) is 0 Å². The largest absolute Gasteiger partial charge is 0.385 e. The van der Waals surface area contributed by atoms with Gasteiger partial charge in [0.2, 0.25) is 5.91 Å². The van der Waals surface area contributed by atoms with Gasteiger partial charge in [-0.1, -0.05) is 43.3 Å². The molecule has 0 bridgehead atoms. The van der Waals surface area contributed by atoms with Gasteiger partial charge in [-0.05, 0) is 24.1 Å². The van der Waals surface area contributed by atoms with Crippen LogP contribution in [0.5, 0.6) is 0 Å². The Kier molecular flexibility index (Phi) is 4.18. The lowest BCUT2D eigenvalue weighted by molar-refractivity contribution is 0.100. The molecule has 2 aromatic rings. The van der Waals surface area contributed by atoms with Crippen molar-refractivity contribution in [3.8, 4) is 11.1 Å². The average Bonchev–Trinajstić information content (AvgIpc) is 2.45. The number of nitrogens with two attached hydrogens (primary N) is 1. The van der Waals surface area contributed by atoms with E-state index in [2.05, 4.69) is 24.4 Å². The summed E-state index contributed by atoms with van der Waals surface area (Å²) in [5, 5.41) is 3.35. The van der Waals surface area contributed by atoms with Crippen LogP contribution in [0, 0.1) is 0 Å². The normalized spacial score (nSPS) is 10.2. The molecule has 19 heavy (non-hydrogen) atoms. The lowest BCUT2D eigenvalue weighted by Gasteiger charge is -2.13. The lowest BCUT2D eigenvalue weighted by atomic mass is 10.0. The summed E-state index contributed by atoms with van der Waals surface area (Å²) in [4.78, 5) is 11.3. The van der Waals surface area contributed by atoms with Crippen LogP contribution in [-0.4, -0.2) is 12.5 Å². The summed E-state index contributed by atoms with van der Waals surface area (Å²) in [5.41, 5.74) is 9.01. The SMILES string of the molecule is CCCNc1cc(C(N)=O)ccc1-c1ccccc1. The maximum absolute atomic E-state index is 11.3. The fraction of sp³-hybridized carbons (Fsp3) is 0.188. The Morgan fingerprint density at radius 1 is 1.16 bits per heavy atom. The van der Waals surface area contributed by atoms with Crippen LogP contribution in [0.2, 0.25) is 0 Å². The Morgan fingerprint density at radius 3 is 2.53 bits per heavy atom. The average molecular weight is 254 g/mol. The molecule has 0 aliphatic rings. The molecular formula is C16H18N2O. The van der Waals surface area contributed by atoms with E-state index in [4.69, 9.17) is 5.73 Å². The molecule has 0 unspecified atom stereocenters. The summed E-state index contributed by atoms with van der Waals surface area (Å²) in [7, 11) is 0. The van der Waals surface area contributed by atoms with Crippen LogP contribution >= 0.6 is 0 Å². The topological polar surface area (TPSA) is 55.1 Å². The number of carbonyl (C=O) groups excluding carboxylic acids is 1. The molecule has 98 valence electrons. The zero-order valence-corrected chi connectivity index (χ0v) is 11.0. The van der Waals surface area contributed by atoms with Gasteiger partial charge in [0.25, 0.3) is 0 Å². The maximum Gasteiger partial charge on any atom is 0.248 e. The monoisotopic (exact) mass is 254 g/mol. The summed E-state index contributed by atoms with van der Waals surface area (Å²) in [6.45, 7) is 2.97. The van der Waals surface area contributed by atoms with Crippen LogP contribution in [0.4, 0.5) is 5.69 Å². The molecule has 2 rings (SSSR count). The number of hydrogen-bond acceptors (Lipinski definition) is 2. The Balaban J connectivity index is 2.44. The van der Waals surface area contributed by atoms with Crippen LogP contribution in [0.3, 0.4) is 0 Å². The predicted octanol–water partition coefficient (Wildman–Crippen LogP) is 3.27. The minimum Gasteiger partial charge on any atom is -0.385 e. The summed E-state index contributed by atoms with van der Waals surface area (Å²) in [6, 6.07) is 15.6. The molecule has 0 spiro atoms. The smallest absolute Gasteiger partial charge is 0.248 e. The van der Waals surface area contributed by atoms with Gasteiger partial charge in [-0.25, -0.2) is 0 Å². The summed E-state index contributed by atoms with van der Waals surface area (Å²) < 4.78 is 0. The highest BCUT2D eigenvalue weighted by atomic mass is 16.1. The summed E-state index contributed by atoms with van der Waals surface area (Å²) >= 11 is 0. The van der Waals surface area contributed by atoms with E-state index in [1.54, 1.807) is 6.07 Å². The molecule has 2 aromatic carbocycles. The highest BCUT2D eigenvalue weighted by molar-refractivity contribution is 5.95. The third-order valence-electron chi connectivity index (χ3n) is 2.95. The first-order valence-corrected chi connectivity index (χ1v) is 6.45. The zero-order chi connectivity index (χ0) is 13.7. The van der Waals surface area contributed by atoms with Crippen LogP contribution in [0.1, 0.15) is 23.7 Å². The van der Waals surface area contributed by atoms with Crippen LogP contribution in [0.15, 0.2) is 48.5 Å². The molecule has 3 nitrogen and oxygen atoms in total. The quantitative estimate of drug-likeness (QED) is 0.860. The van der Waals surface area contributed by atoms with Gasteiger partial charge >= 0.3 is 0 Å². The Morgan fingerprint density at radius 2 is 1.89 bits per heavy atom. The fourth-order valence-electron chi connectivity index (χ4n) is 1.97. The van der Waals surface area contributed by atoms with Crippen molar-refractivity contribution >= 4 is 11.6 Å². The molecule has 3 heteroatoms. The van der Waals surface area contributed by atoms with E-state index in [0.29, 0.717) is 5.56 Å². The second-order valence-electron chi connectivity index (χ2n) is 4.42. The van der Waals surface area contributed by atoms with Gasteiger partial charge in [0.1, 0.15) is 0 Å². The molecule has 0 atom stereocenters. The van der Waals surface area contributed by atoms with E-state index in [1.807, 2.05) is 30.3 Å². The van der Waals surface area contributed by atoms with Crippen molar-refractivity contribution in [2.45, 2.75) is 13.3 Å². The minimum atomic E-state index is -0.404. The van der Waals surface area contributed by atoms with Crippen LogP contribution in [0.25, 0.3) is 11.1 Å². The van der Waals surface area contributed by atoms with E-state index in [9.17, 15) is 4.79 Å². The molecule has 0 aromatic heterocycles. The van der Waals surface area contributed by atoms with Crippen molar-refractivity contribution in [2.24, 2.45) is 5.73 Å². The number of amides is 1. The summed E-state index contributed by atoms with van der Waals surface area (Å²) in [6.07, 6.45) is 1.02. The standard InChI is InChI=1S/C16H18N2O/c1-2-10-18-15-11-13(16(17)19)8-9-14(15)12-6-4-3-5-7-12/h3-9,11,18H,2,10H2,1H3,(H2,17,19). The van der Waals surface area contributed by atoms with Crippen molar-refractivity contribution in [3.05, 3.63) is 54.1 Å². The second kappa shape index (κ2) is 6.05. The number of anilines is 1. The Bertz CT molecular complexity index is 564. The highest BCUT2D eigenvalue weighted by Gasteiger charge is 2.08. The van der Waals surface area contributed by atoms with Gasteiger partial charge in [0, 0.05) is 23.4 Å². The van der Waals surface area contributed by atoms with E-state index in [1.165, 1.54) is 0 Å². The van der Waals surface area contributed by atoms with Crippen LogP contribution in [-0.2, 0) is 0 Å². The van der Waals surface area contributed by atoms with Crippen molar-refractivity contribution in [1.29, 1.82) is 0 Å². The molecule has 0 saturated heterocycles. The number of primary amides is 1. The maximum atomic E-state index is 11.3. The molecule has 0 aliphatic carbocycles. The molecule has 3 N–H and O–H groups in total. The molecule has 0 fully saturated rings. The van der Waals surface area contributed by atoms with Crippen molar-refractivity contribution in [3.63, 3.8) is 0 Å². The van der Waals surface area contributed by atoms with Gasteiger partial charge < -0.3 is 11.1 Å². The van der Waals surface area contributed by atoms with E-state index >= 15 is 0 Å². The minimum absolute atomic E-state index is 0.404. The lowest BCUT2D eigenvalue weighted by Crippen LogP contribution is -2.12. The zero-order valence-electron chi connectivity index (χ0n) is 11.0. The van der Waals surface area contributed by atoms with E-state index < -0.39 is 5.91 Å². The van der Waals surface area contributed by atoms with Crippen molar-refractivity contribution in [2.75, 3.05) is 11.9 Å². The second-order valence-corrected chi connectivity index (χ2v) is 4.42. The first-order chi connectivity index (χ1) is 9.22. The molecule has 0 heterocycles. The first kappa shape index (κ1) is 13.1. The molecule has 0 saturated carbocycles. The number of nitrogens with one attached hydrogen (secondary N) is 1. The number of rotatable bonds is 5. The number of hydrogen-bond donors (Lipinski definition) is 2. The predicted molar refractivity (Wildman–Crippen MR) is 79.2 cm³/mol. The molecule has 0 radical (unpaired) electrons. The summed E-state index contributed by atoms with van der Waals surface area (Å²) in [5.74, 6) is -0.404.